The Balaban J connectivity index is 1.72. The molecule has 0 radical (unpaired) electrons. The number of fused-ring (bicyclic) bond motifs is 1. The van der Waals surface area contributed by atoms with Gasteiger partial charge in [0, 0.05) is 18.2 Å². The van der Waals surface area contributed by atoms with Crippen LogP contribution in [0.3, 0.4) is 0 Å². The molecule has 2 amide bonds. The van der Waals surface area contributed by atoms with E-state index in [1.807, 2.05) is 6.07 Å². The molecule has 32 heavy (non-hydrogen) atoms. The van der Waals surface area contributed by atoms with Gasteiger partial charge in [0.2, 0.25) is 11.8 Å². The first-order valence-electron chi connectivity index (χ1n) is 9.49. The molecule has 3 aromatic rings. The lowest BCUT2D eigenvalue weighted by Crippen LogP contribution is -2.45. The molecule has 0 fully saturated rings. The van der Waals surface area contributed by atoms with Crippen molar-refractivity contribution < 1.29 is 14.0 Å². The Morgan fingerprint density at radius 2 is 2.06 bits per heavy atom. The van der Waals surface area contributed by atoms with Gasteiger partial charge in [-0.2, -0.15) is 10.4 Å². The molecular formula is C20H18Cl2FN7O2. The SMILES string of the molecule is CC(C)N(CC(=O)NCc1cccc(Cl)c1F)C(=O)Cn1nc(C#N)c2c(Cl)ncnc21. The second kappa shape index (κ2) is 9.89. The van der Waals surface area contributed by atoms with Crippen LogP contribution in [-0.2, 0) is 22.7 Å². The average molecular weight is 478 g/mol. The Kier molecular flexibility index (Phi) is 7.22. The van der Waals surface area contributed by atoms with E-state index < -0.39 is 17.6 Å². The normalized spacial score (nSPS) is 10.9. The first kappa shape index (κ1) is 23.4. The van der Waals surface area contributed by atoms with Gasteiger partial charge >= 0.3 is 0 Å². The number of carbonyl (C=O) groups excluding carboxylic acids is 2. The molecule has 0 spiro atoms. The second-order valence-corrected chi connectivity index (χ2v) is 7.85. The number of rotatable bonds is 7. The molecule has 166 valence electrons. The van der Waals surface area contributed by atoms with Crippen LogP contribution in [0, 0.1) is 17.1 Å². The number of halogens is 3. The molecular weight excluding hydrogens is 460 g/mol. The van der Waals surface area contributed by atoms with Crippen LogP contribution in [-0.4, -0.2) is 49.0 Å². The van der Waals surface area contributed by atoms with Crippen molar-refractivity contribution in [3.05, 3.63) is 51.8 Å². The maximum atomic E-state index is 14.0. The van der Waals surface area contributed by atoms with E-state index in [0.29, 0.717) is 0 Å². The highest BCUT2D eigenvalue weighted by molar-refractivity contribution is 6.34. The molecule has 0 aliphatic heterocycles. The quantitative estimate of drug-likeness (QED) is 0.522. The van der Waals surface area contributed by atoms with Crippen molar-refractivity contribution in [2.45, 2.75) is 33.0 Å². The minimum absolute atomic E-state index is 0.00390. The average Bonchev–Trinajstić information content (AvgIpc) is 3.11. The molecule has 0 aliphatic rings. The summed E-state index contributed by atoms with van der Waals surface area (Å²) in [5.74, 6) is -1.50. The summed E-state index contributed by atoms with van der Waals surface area (Å²) in [6.07, 6.45) is 1.21. The number of nitrogens with zero attached hydrogens (tertiary/aromatic N) is 6. The van der Waals surface area contributed by atoms with E-state index in [2.05, 4.69) is 20.4 Å². The summed E-state index contributed by atoms with van der Waals surface area (Å²) in [5, 5.41) is 16.2. The van der Waals surface area contributed by atoms with Crippen LogP contribution in [0.2, 0.25) is 10.2 Å². The van der Waals surface area contributed by atoms with Gasteiger partial charge < -0.3 is 10.2 Å². The third kappa shape index (κ3) is 4.95. The number of nitriles is 1. The Labute approximate surface area is 192 Å². The van der Waals surface area contributed by atoms with E-state index in [1.165, 1.54) is 28.0 Å². The number of hydrogen-bond acceptors (Lipinski definition) is 6. The van der Waals surface area contributed by atoms with Crippen LogP contribution in [0.4, 0.5) is 4.39 Å². The fraction of sp³-hybridized carbons (Fsp3) is 0.300. The minimum Gasteiger partial charge on any atom is -0.350 e. The Morgan fingerprint density at radius 3 is 2.75 bits per heavy atom. The van der Waals surface area contributed by atoms with Crippen LogP contribution in [0.1, 0.15) is 25.1 Å². The van der Waals surface area contributed by atoms with E-state index in [9.17, 15) is 19.2 Å². The summed E-state index contributed by atoms with van der Waals surface area (Å²) in [7, 11) is 0. The van der Waals surface area contributed by atoms with Crippen LogP contribution < -0.4 is 5.32 Å². The lowest BCUT2D eigenvalue weighted by molar-refractivity contribution is -0.138. The van der Waals surface area contributed by atoms with Gasteiger partial charge in [-0.05, 0) is 19.9 Å². The number of nitrogens with one attached hydrogen (secondary N) is 1. The lowest BCUT2D eigenvalue weighted by atomic mass is 10.2. The van der Waals surface area contributed by atoms with E-state index in [0.717, 1.165) is 0 Å². The Morgan fingerprint density at radius 1 is 1.31 bits per heavy atom. The first-order chi connectivity index (χ1) is 15.2. The van der Waals surface area contributed by atoms with E-state index >= 15 is 0 Å². The zero-order valence-corrected chi connectivity index (χ0v) is 18.7. The highest BCUT2D eigenvalue weighted by Gasteiger charge is 2.23. The Hall–Kier alpha value is -3.29. The number of benzene rings is 1. The number of aromatic nitrogens is 4. The largest absolute Gasteiger partial charge is 0.350 e. The van der Waals surface area contributed by atoms with Crippen LogP contribution >= 0.6 is 23.2 Å². The molecule has 0 bridgehead atoms. The highest BCUT2D eigenvalue weighted by atomic mass is 35.5. The van der Waals surface area contributed by atoms with Crippen LogP contribution in [0.5, 0.6) is 0 Å². The van der Waals surface area contributed by atoms with Crippen molar-refractivity contribution in [1.29, 1.82) is 5.26 Å². The van der Waals surface area contributed by atoms with Gasteiger partial charge in [0.1, 0.15) is 29.9 Å². The fourth-order valence-electron chi connectivity index (χ4n) is 3.03. The maximum Gasteiger partial charge on any atom is 0.245 e. The zero-order chi connectivity index (χ0) is 23.4. The van der Waals surface area contributed by atoms with Gasteiger partial charge in [0.15, 0.2) is 11.3 Å². The topological polar surface area (TPSA) is 117 Å². The van der Waals surface area contributed by atoms with E-state index in [1.54, 1.807) is 19.9 Å². The zero-order valence-electron chi connectivity index (χ0n) is 17.1. The van der Waals surface area contributed by atoms with E-state index in [-0.39, 0.29) is 58.1 Å². The molecule has 0 unspecified atom stereocenters. The first-order valence-corrected chi connectivity index (χ1v) is 10.2. The molecule has 0 aliphatic carbocycles. The summed E-state index contributed by atoms with van der Waals surface area (Å²) in [6.45, 7) is 2.92. The predicted molar refractivity (Wildman–Crippen MR) is 115 cm³/mol. The monoisotopic (exact) mass is 477 g/mol. The molecule has 2 aromatic heterocycles. The molecule has 0 saturated heterocycles. The third-order valence-electron chi connectivity index (χ3n) is 4.64. The van der Waals surface area contributed by atoms with Crippen LogP contribution in [0.15, 0.2) is 24.5 Å². The maximum absolute atomic E-state index is 14.0. The molecule has 1 aromatic carbocycles. The molecule has 0 saturated carbocycles. The van der Waals surface area contributed by atoms with Gasteiger partial charge in [0.05, 0.1) is 17.0 Å². The van der Waals surface area contributed by atoms with Gasteiger partial charge in [-0.25, -0.2) is 19.0 Å². The standard InChI is InChI=1S/C20H18Cl2FN7O2/c1-11(2)29(8-15(31)25-7-12-4-3-5-13(21)18(12)23)16(32)9-30-20-17(14(6-24)28-30)19(22)26-10-27-20/h3-5,10-11H,7-9H2,1-2H3,(H,25,31). The summed E-state index contributed by atoms with van der Waals surface area (Å²) >= 11 is 11.8. The summed E-state index contributed by atoms with van der Waals surface area (Å²) < 4.78 is 15.2. The van der Waals surface area contributed by atoms with Gasteiger partial charge in [-0.1, -0.05) is 35.3 Å². The second-order valence-electron chi connectivity index (χ2n) is 7.09. The van der Waals surface area contributed by atoms with Gasteiger partial charge in [-0.15, -0.1) is 0 Å². The van der Waals surface area contributed by atoms with Crippen molar-refractivity contribution in [3.63, 3.8) is 0 Å². The molecule has 12 heteroatoms. The van der Waals surface area contributed by atoms with Crippen molar-refractivity contribution in [3.8, 4) is 6.07 Å². The molecule has 3 rings (SSSR count). The van der Waals surface area contributed by atoms with Crippen molar-refractivity contribution >= 4 is 46.0 Å². The van der Waals surface area contributed by atoms with Crippen molar-refractivity contribution in [2.24, 2.45) is 0 Å². The predicted octanol–water partition coefficient (Wildman–Crippen LogP) is 2.70. The van der Waals surface area contributed by atoms with Crippen molar-refractivity contribution in [1.82, 2.24) is 30.0 Å². The number of amides is 2. The lowest BCUT2D eigenvalue weighted by Gasteiger charge is -2.26. The molecule has 9 nitrogen and oxygen atoms in total. The minimum atomic E-state index is -0.606. The fourth-order valence-corrected chi connectivity index (χ4v) is 3.44. The third-order valence-corrected chi connectivity index (χ3v) is 5.22. The molecule has 2 heterocycles. The summed E-state index contributed by atoms with van der Waals surface area (Å²) in [4.78, 5) is 34.6. The summed E-state index contributed by atoms with van der Waals surface area (Å²) in [6, 6.07) is 6.09. The highest BCUT2D eigenvalue weighted by Crippen LogP contribution is 2.23. The number of carbonyl (C=O) groups is 2. The van der Waals surface area contributed by atoms with E-state index in [4.69, 9.17) is 23.2 Å². The molecule has 0 atom stereocenters. The van der Waals surface area contributed by atoms with Gasteiger partial charge in [-0.3, -0.25) is 9.59 Å². The van der Waals surface area contributed by atoms with Crippen molar-refractivity contribution in [2.75, 3.05) is 6.54 Å². The van der Waals surface area contributed by atoms with Crippen LogP contribution in [0.25, 0.3) is 11.0 Å². The summed E-state index contributed by atoms with van der Waals surface area (Å²) in [5.41, 5.74) is 0.465. The smallest absolute Gasteiger partial charge is 0.245 e. The Bertz CT molecular complexity index is 1220. The number of hydrogen-bond donors (Lipinski definition) is 1. The van der Waals surface area contributed by atoms with Gasteiger partial charge in [0.25, 0.3) is 0 Å². The molecule has 1 N–H and O–H groups in total.